The fourth-order valence-corrected chi connectivity index (χ4v) is 3.02. The number of methoxy groups -OCH3 is 1. The quantitative estimate of drug-likeness (QED) is 0.648. The van der Waals surface area contributed by atoms with Crippen LogP contribution in [0.4, 0.5) is 0 Å². The number of benzene rings is 2. The van der Waals surface area contributed by atoms with Crippen LogP contribution in [0.15, 0.2) is 63.3 Å². The van der Waals surface area contributed by atoms with E-state index < -0.39 is 0 Å². The van der Waals surface area contributed by atoms with Gasteiger partial charge in [-0.3, -0.25) is 4.79 Å². The maximum absolute atomic E-state index is 12.2. The summed E-state index contributed by atoms with van der Waals surface area (Å²) in [7, 11) is 1.69. The molecule has 0 aliphatic carbocycles. The fraction of sp³-hybridized carbons (Fsp3) is 0.227. The summed E-state index contributed by atoms with van der Waals surface area (Å²) in [5.74, 6) is 1.52. The first kappa shape index (κ1) is 17.0. The monoisotopic (exact) mass is 334 g/mol. The fourth-order valence-electron chi connectivity index (χ4n) is 3.02. The van der Waals surface area contributed by atoms with Crippen LogP contribution in [0, 0.1) is 6.92 Å². The van der Waals surface area contributed by atoms with E-state index in [9.17, 15) is 4.79 Å². The molecular formula is C22H22O3. The normalized spacial score (nSPS) is 11.7. The highest BCUT2D eigenvalue weighted by atomic mass is 16.5. The highest BCUT2D eigenvalue weighted by Crippen LogP contribution is 2.25. The van der Waals surface area contributed by atoms with Gasteiger partial charge in [0.25, 0.3) is 0 Å². The van der Waals surface area contributed by atoms with Crippen LogP contribution in [0.3, 0.4) is 0 Å². The van der Waals surface area contributed by atoms with E-state index in [1.54, 1.807) is 14.0 Å². The smallest absolute Gasteiger partial charge is 0.192 e. The molecule has 0 fully saturated rings. The zero-order chi connectivity index (χ0) is 17.8. The van der Waals surface area contributed by atoms with E-state index in [-0.39, 0.29) is 5.43 Å². The zero-order valence-electron chi connectivity index (χ0n) is 14.8. The topological polar surface area (TPSA) is 39.4 Å². The molecule has 3 nitrogen and oxygen atoms in total. The van der Waals surface area contributed by atoms with Crippen molar-refractivity contribution in [2.75, 3.05) is 7.11 Å². The van der Waals surface area contributed by atoms with Gasteiger partial charge in [-0.2, -0.15) is 0 Å². The van der Waals surface area contributed by atoms with Crippen molar-refractivity contribution in [3.8, 4) is 5.75 Å². The maximum Gasteiger partial charge on any atom is 0.192 e. The summed E-state index contributed by atoms with van der Waals surface area (Å²) < 4.78 is 11.3. The van der Waals surface area contributed by atoms with Crippen LogP contribution in [0.2, 0.25) is 0 Å². The summed E-state index contributed by atoms with van der Waals surface area (Å²) in [4.78, 5) is 12.2. The van der Waals surface area contributed by atoms with Crippen molar-refractivity contribution < 1.29 is 9.15 Å². The molecule has 25 heavy (non-hydrogen) atoms. The molecule has 0 spiro atoms. The summed E-state index contributed by atoms with van der Waals surface area (Å²) in [6.07, 6.45) is 3.83. The van der Waals surface area contributed by atoms with Gasteiger partial charge in [0.05, 0.1) is 12.5 Å². The third-order valence-corrected chi connectivity index (χ3v) is 4.33. The molecule has 2 aromatic carbocycles. The van der Waals surface area contributed by atoms with Gasteiger partial charge >= 0.3 is 0 Å². The molecule has 1 heterocycles. The first-order valence-electron chi connectivity index (χ1n) is 8.47. The number of ether oxygens (including phenoxy) is 1. The Morgan fingerprint density at radius 3 is 2.72 bits per heavy atom. The lowest BCUT2D eigenvalue weighted by molar-refractivity contribution is 0.410. The highest BCUT2D eigenvalue weighted by molar-refractivity contribution is 5.85. The summed E-state index contributed by atoms with van der Waals surface area (Å²) in [5, 5.41) is 0.618. The Kier molecular flexibility index (Phi) is 5.03. The van der Waals surface area contributed by atoms with E-state index in [0.717, 1.165) is 29.7 Å². The second-order valence-electron chi connectivity index (χ2n) is 6.09. The van der Waals surface area contributed by atoms with Crippen molar-refractivity contribution in [2.45, 2.75) is 26.7 Å². The van der Waals surface area contributed by atoms with Gasteiger partial charge in [-0.05, 0) is 37.5 Å². The average molecular weight is 334 g/mol. The number of aryl methyl sites for hydroxylation is 1. The Balaban J connectivity index is 2.06. The molecule has 3 aromatic rings. The average Bonchev–Trinajstić information content (AvgIpc) is 2.62. The lowest BCUT2D eigenvalue weighted by Gasteiger charge is -2.11. The van der Waals surface area contributed by atoms with Crippen LogP contribution in [0.5, 0.6) is 5.75 Å². The SMILES string of the molecule is CCC(=Cc1cccc2c(=O)cc(C)oc12)Cc1ccccc1OC. The van der Waals surface area contributed by atoms with Crippen molar-refractivity contribution in [3.63, 3.8) is 0 Å². The third-order valence-electron chi connectivity index (χ3n) is 4.33. The van der Waals surface area contributed by atoms with Gasteiger partial charge < -0.3 is 9.15 Å². The predicted molar refractivity (Wildman–Crippen MR) is 102 cm³/mol. The minimum Gasteiger partial charge on any atom is -0.496 e. The molecule has 0 N–H and O–H groups in total. The van der Waals surface area contributed by atoms with Crippen LogP contribution in [-0.2, 0) is 6.42 Å². The molecule has 0 atom stereocenters. The van der Waals surface area contributed by atoms with Gasteiger partial charge in [0.1, 0.15) is 17.1 Å². The van der Waals surface area contributed by atoms with E-state index in [2.05, 4.69) is 19.1 Å². The van der Waals surface area contributed by atoms with Crippen molar-refractivity contribution in [1.29, 1.82) is 0 Å². The lowest BCUT2D eigenvalue weighted by atomic mass is 9.99. The van der Waals surface area contributed by atoms with Gasteiger partial charge in [0, 0.05) is 11.6 Å². The molecule has 1 aromatic heterocycles. The first-order valence-corrected chi connectivity index (χ1v) is 8.47. The standard InChI is InChI=1S/C22H22O3/c1-4-16(13-17-8-5-6-11-21(17)24-3)14-18-9-7-10-19-20(23)12-15(2)25-22(18)19/h5-12,14H,4,13H2,1-3H3. The number of allylic oxidation sites excluding steroid dienone is 1. The molecule has 0 saturated carbocycles. The van der Waals surface area contributed by atoms with Crippen molar-refractivity contribution in [1.82, 2.24) is 0 Å². The van der Waals surface area contributed by atoms with Gasteiger partial charge in [-0.25, -0.2) is 0 Å². The van der Waals surface area contributed by atoms with E-state index in [1.807, 2.05) is 36.4 Å². The zero-order valence-corrected chi connectivity index (χ0v) is 14.8. The number of hydrogen-bond acceptors (Lipinski definition) is 3. The Hall–Kier alpha value is -2.81. The number of fused-ring (bicyclic) bond motifs is 1. The summed E-state index contributed by atoms with van der Waals surface area (Å²) in [6.45, 7) is 3.94. The van der Waals surface area contributed by atoms with E-state index in [4.69, 9.17) is 9.15 Å². The van der Waals surface area contributed by atoms with Crippen LogP contribution < -0.4 is 10.2 Å². The third kappa shape index (κ3) is 3.66. The molecule has 3 rings (SSSR count). The molecule has 0 unspecified atom stereocenters. The van der Waals surface area contributed by atoms with Crippen molar-refractivity contribution in [3.05, 3.63) is 81.2 Å². The van der Waals surface area contributed by atoms with Crippen LogP contribution in [-0.4, -0.2) is 7.11 Å². The predicted octanol–water partition coefficient (Wildman–Crippen LogP) is 5.15. The minimum atomic E-state index is -0.00298. The van der Waals surface area contributed by atoms with Gasteiger partial charge in [-0.15, -0.1) is 0 Å². The lowest BCUT2D eigenvalue weighted by Crippen LogP contribution is -2.01. The molecule has 0 aliphatic rings. The second-order valence-corrected chi connectivity index (χ2v) is 6.09. The van der Waals surface area contributed by atoms with E-state index in [1.165, 1.54) is 11.6 Å². The van der Waals surface area contributed by atoms with E-state index in [0.29, 0.717) is 16.7 Å². The minimum absolute atomic E-state index is 0.00298. The molecule has 0 radical (unpaired) electrons. The summed E-state index contributed by atoms with van der Waals surface area (Å²) in [6, 6.07) is 15.3. The molecular weight excluding hydrogens is 312 g/mol. The van der Waals surface area contributed by atoms with E-state index >= 15 is 0 Å². The van der Waals surface area contributed by atoms with Crippen molar-refractivity contribution in [2.24, 2.45) is 0 Å². The summed E-state index contributed by atoms with van der Waals surface area (Å²) >= 11 is 0. The summed E-state index contributed by atoms with van der Waals surface area (Å²) in [5.41, 5.74) is 3.98. The van der Waals surface area contributed by atoms with Gasteiger partial charge in [0.2, 0.25) is 0 Å². The first-order chi connectivity index (χ1) is 12.1. The van der Waals surface area contributed by atoms with Crippen LogP contribution >= 0.6 is 0 Å². The van der Waals surface area contributed by atoms with Crippen LogP contribution in [0.25, 0.3) is 17.0 Å². The second kappa shape index (κ2) is 7.39. The Morgan fingerprint density at radius 2 is 1.96 bits per heavy atom. The molecule has 0 bridgehead atoms. The Morgan fingerprint density at radius 1 is 1.16 bits per heavy atom. The molecule has 0 amide bonds. The maximum atomic E-state index is 12.2. The van der Waals surface area contributed by atoms with Gasteiger partial charge in [0.15, 0.2) is 5.43 Å². The highest BCUT2D eigenvalue weighted by Gasteiger charge is 2.09. The van der Waals surface area contributed by atoms with Crippen molar-refractivity contribution >= 4 is 17.0 Å². The van der Waals surface area contributed by atoms with Crippen LogP contribution in [0.1, 0.15) is 30.2 Å². The molecule has 0 aliphatic heterocycles. The largest absolute Gasteiger partial charge is 0.496 e. The number of para-hydroxylation sites is 2. The number of rotatable bonds is 5. The Labute approximate surface area is 147 Å². The molecule has 0 saturated heterocycles. The molecule has 3 heteroatoms. The van der Waals surface area contributed by atoms with Gasteiger partial charge in [-0.1, -0.05) is 48.9 Å². The number of hydrogen-bond donors (Lipinski definition) is 0. The molecule has 128 valence electrons. The Bertz CT molecular complexity index is 980.